The zero-order valence-corrected chi connectivity index (χ0v) is 11.5. The third kappa shape index (κ3) is 3.36. The van der Waals surface area contributed by atoms with E-state index >= 15 is 0 Å². The molecule has 0 fully saturated rings. The van der Waals surface area contributed by atoms with Gasteiger partial charge >= 0.3 is 0 Å². The molecular formula is C15H11ClF4O. The maximum absolute atomic E-state index is 13.8. The van der Waals surface area contributed by atoms with Crippen LogP contribution in [0.25, 0.3) is 0 Å². The van der Waals surface area contributed by atoms with E-state index in [4.69, 9.17) is 11.6 Å². The SMILES string of the molecule is OC(CCl)(Cc1ccc(F)cc1)c1cc(F)c(F)cc1F. The smallest absolute Gasteiger partial charge is 0.161 e. The van der Waals surface area contributed by atoms with Crippen LogP contribution in [-0.4, -0.2) is 11.0 Å². The molecule has 2 aromatic carbocycles. The van der Waals surface area contributed by atoms with Gasteiger partial charge in [0.2, 0.25) is 0 Å². The summed E-state index contributed by atoms with van der Waals surface area (Å²) in [6.07, 6.45) is -0.168. The largest absolute Gasteiger partial charge is 0.383 e. The monoisotopic (exact) mass is 318 g/mol. The van der Waals surface area contributed by atoms with Gasteiger partial charge in [0.15, 0.2) is 11.6 Å². The van der Waals surface area contributed by atoms with Crippen LogP contribution >= 0.6 is 11.6 Å². The van der Waals surface area contributed by atoms with Gasteiger partial charge in [0.25, 0.3) is 0 Å². The third-order valence-corrected chi connectivity index (χ3v) is 3.58. The lowest BCUT2D eigenvalue weighted by Crippen LogP contribution is -2.32. The standard InChI is InChI=1S/C15H11ClF4O/c16-8-15(21,7-9-1-3-10(17)4-2-9)11-5-13(19)14(20)6-12(11)18/h1-6,21H,7-8H2. The Morgan fingerprint density at radius 2 is 1.48 bits per heavy atom. The minimum atomic E-state index is -1.93. The van der Waals surface area contributed by atoms with Gasteiger partial charge in [0, 0.05) is 18.1 Å². The van der Waals surface area contributed by atoms with Crippen molar-refractivity contribution in [2.45, 2.75) is 12.0 Å². The molecular weight excluding hydrogens is 308 g/mol. The molecule has 1 N–H and O–H groups in total. The summed E-state index contributed by atoms with van der Waals surface area (Å²) < 4.78 is 52.9. The summed E-state index contributed by atoms with van der Waals surface area (Å²) in [6.45, 7) is 0. The molecule has 6 heteroatoms. The first kappa shape index (κ1) is 15.8. The summed E-state index contributed by atoms with van der Waals surface area (Å²) in [6, 6.07) is 6.07. The van der Waals surface area contributed by atoms with Crippen LogP contribution in [0.5, 0.6) is 0 Å². The van der Waals surface area contributed by atoms with E-state index in [1.807, 2.05) is 0 Å². The lowest BCUT2D eigenvalue weighted by molar-refractivity contribution is 0.0570. The zero-order valence-electron chi connectivity index (χ0n) is 10.7. The lowest BCUT2D eigenvalue weighted by Gasteiger charge is -2.27. The van der Waals surface area contributed by atoms with E-state index in [1.54, 1.807) is 0 Å². The average Bonchev–Trinajstić information content (AvgIpc) is 2.45. The normalized spacial score (nSPS) is 14.0. The second kappa shape index (κ2) is 6.03. The molecule has 2 aromatic rings. The molecule has 0 aliphatic heterocycles. The summed E-state index contributed by atoms with van der Waals surface area (Å²) in [7, 11) is 0. The van der Waals surface area contributed by atoms with Crippen molar-refractivity contribution in [3.05, 3.63) is 70.8 Å². The van der Waals surface area contributed by atoms with Crippen LogP contribution in [-0.2, 0) is 12.0 Å². The van der Waals surface area contributed by atoms with Gasteiger partial charge in [-0.15, -0.1) is 11.6 Å². The van der Waals surface area contributed by atoms with Crippen molar-refractivity contribution in [3.63, 3.8) is 0 Å². The van der Waals surface area contributed by atoms with E-state index in [9.17, 15) is 22.7 Å². The predicted octanol–water partition coefficient (Wildman–Crippen LogP) is 3.91. The summed E-state index contributed by atoms with van der Waals surface area (Å²) in [5, 5.41) is 10.5. The highest BCUT2D eigenvalue weighted by atomic mass is 35.5. The fraction of sp³-hybridized carbons (Fsp3) is 0.200. The Labute approximate surface area is 123 Å². The second-order valence-electron chi connectivity index (χ2n) is 4.71. The fourth-order valence-corrected chi connectivity index (χ4v) is 2.27. The molecule has 112 valence electrons. The van der Waals surface area contributed by atoms with Crippen LogP contribution < -0.4 is 0 Å². The Hall–Kier alpha value is -1.59. The molecule has 1 atom stereocenters. The molecule has 0 aliphatic carbocycles. The lowest BCUT2D eigenvalue weighted by atomic mass is 9.88. The van der Waals surface area contributed by atoms with E-state index in [0.29, 0.717) is 17.7 Å². The van der Waals surface area contributed by atoms with Crippen molar-refractivity contribution in [2.75, 3.05) is 5.88 Å². The maximum Gasteiger partial charge on any atom is 0.161 e. The van der Waals surface area contributed by atoms with Gasteiger partial charge in [-0.1, -0.05) is 12.1 Å². The summed E-state index contributed by atoms with van der Waals surface area (Å²) in [4.78, 5) is 0. The summed E-state index contributed by atoms with van der Waals surface area (Å²) >= 11 is 5.68. The van der Waals surface area contributed by atoms with Gasteiger partial charge in [-0.05, 0) is 23.8 Å². The highest BCUT2D eigenvalue weighted by molar-refractivity contribution is 6.18. The summed E-state index contributed by atoms with van der Waals surface area (Å²) in [5.41, 5.74) is -1.90. The van der Waals surface area contributed by atoms with Crippen LogP contribution in [0, 0.1) is 23.3 Å². The highest BCUT2D eigenvalue weighted by Crippen LogP contribution is 2.31. The number of hydrogen-bond donors (Lipinski definition) is 1. The van der Waals surface area contributed by atoms with E-state index in [2.05, 4.69) is 0 Å². The molecule has 0 bridgehead atoms. The van der Waals surface area contributed by atoms with Crippen LogP contribution in [0.4, 0.5) is 17.6 Å². The first-order valence-corrected chi connectivity index (χ1v) is 6.57. The Morgan fingerprint density at radius 3 is 2.05 bits per heavy atom. The van der Waals surface area contributed by atoms with Crippen molar-refractivity contribution >= 4 is 11.6 Å². The van der Waals surface area contributed by atoms with Crippen molar-refractivity contribution in [2.24, 2.45) is 0 Å². The number of rotatable bonds is 4. The quantitative estimate of drug-likeness (QED) is 0.515. The average molecular weight is 319 g/mol. The molecule has 0 heterocycles. The number of benzene rings is 2. The number of alkyl halides is 1. The topological polar surface area (TPSA) is 20.2 Å². The van der Waals surface area contributed by atoms with Crippen LogP contribution in [0.3, 0.4) is 0 Å². The van der Waals surface area contributed by atoms with Crippen LogP contribution in [0.2, 0.25) is 0 Å². The molecule has 1 unspecified atom stereocenters. The molecule has 0 aliphatic rings. The highest BCUT2D eigenvalue weighted by Gasteiger charge is 2.33. The van der Waals surface area contributed by atoms with Gasteiger partial charge in [-0.25, -0.2) is 17.6 Å². The predicted molar refractivity (Wildman–Crippen MR) is 71.0 cm³/mol. The first-order chi connectivity index (χ1) is 9.85. The van der Waals surface area contributed by atoms with Crippen molar-refractivity contribution in [3.8, 4) is 0 Å². The maximum atomic E-state index is 13.8. The molecule has 0 spiro atoms. The Balaban J connectivity index is 2.41. The molecule has 0 saturated carbocycles. The Morgan fingerprint density at radius 1 is 0.905 bits per heavy atom. The van der Waals surface area contributed by atoms with Crippen LogP contribution in [0.1, 0.15) is 11.1 Å². The van der Waals surface area contributed by atoms with Gasteiger partial charge in [-0.2, -0.15) is 0 Å². The molecule has 0 amide bonds. The molecule has 2 rings (SSSR count). The minimum absolute atomic E-state index is 0.168. The van der Waals surface area contributed by atoms with Crippen molar-refractivity contribution in [1.82, 2.24) is 0 Å². The van der Waals surface area contributed by atoms with E-state index in [1.165, 1.54) is 24.3 Å². The number of hydrogen-bond acceptors (Lipinski definition) is 1. The van der Waals surface area contributed by atoms with E-state index in [0.717, 1.165) is 0 Å². The second-order valence-corrected chi connectivity index (χ2v) is 4.98. The molecule has 0 radical (unpaired) electrons. The Bertz CT molecular complexity index is 645. The fourth-order valence-electron chi connectivity index (χ4n) is 2.03. The first-order valence-electron chi connectivity index (χ1n) is 6.03. The van der Waals surface area contributed by atoms with Gasteiger partial charge in [0.05, 0.1) is 5.88 Å². The van der Waals surface area contributed by atoms with Gasteiger partial charge in [0.1, 0.15) is 17.2 Å². The Kier molecular flexibility index (Phi) is 4.54. The van der Waals surface area contributed by atoms with Crippen LogP contribution in [0.15, 0.2) is 36.4 Å². The molecule has 21 heavy (non-hydrogen) atoms. The zero-order chi connectivity index (χ0) is 15.6. The molecule has 0 aromatic heterocycles. The van der Waals surface area contributed by atoms with E-state index < -0.39 is 40.3 Å². The third-order valence-electron chi connectivity index (χ3n) is 3.14. The number of aliphatic hydroxyl groups is 1. The van der Waals surface area contributed by atoms with Gasteiger partial charge in [-0.3, -0.25) is 0 Å². The van der Waals surface area contributed by atoms with Crippen molar-refractivity contribution in [1.29, 1.82) is 0 Å². The molecule has 1 nitrogen and oxygen atoms in total. The molecule has 0 saturated heterocycles. The van der Waals surface area contributed by atoms with E-state index in [-0.39, 0.29) is 6.42 Å². The summed E-state index contributed by atoms with van der Waals surface area (Å²) in [5.74, 6) is -4.64. The minimum Gasteiger partial charge on any atom is -0.383 e. The number of halogens is 5. The van der Waals surface area contributed by atoms with Gasteiger partial charge < -0.3 is 5.11 Å². The van der Waals surface area contributed by atoms with Crippen molar-refractivity contribution < 1.29 is 22.7 Å².